The van der Waals surface area contributed by atoms with Crippen molar-refractivity contribution in [3.8, 4) is 5.75 Å². The number of ether oxygens (including phenoxy) is 1. The highest BCUT2D eigenvalue weighted by atomic mass is 16.5. The Morgan fingerprint density at radius 1 is 1.00 bits per heavy atom. The van der Waals surface area contributed by atoms with Crippen LogP contribution < -0.4 is 9.64 Å². The molecule has 0 radical (unpaired) electrons. The zero-order chi connectivity index (χ0) is 12.0. The van der Waals surface area contributed by atoms with Gasteiger partial charge in [-0.1, -0.05) is 0 Å². The molecule has 0 N–H and O–H groups in total. The Balaban J connectivity index is 2.52. The minimum absolute atomic E-state index is 0.718. The first-order valence-corrected chi connectivity index (χ1v) is 5.72. The van der Waals surface area contributed by atoms with Crippen molar-refractivity contribution in [1.29, 1.82) is 0 Å². The molecular formula is C13H22N2O. The Morgan fingerprint density at radius 3 is 2.12 bits per heavy atom. The number of nitrogens with zero attached hydrogens (tertiary/aromatic N) is 2. The molecule has 16 heavy (non-hydrogen) atoms. The van der Waals surface area contributed by atoms with Crippen LogP contribution in [0.15, 0.2) is 24.3 Å². The van der Waals surface area contributed by atoms with Crippen molar-refractivity contribution in [2.75, 3.05) is 45.7 Å². The second kappa shape index (κ2) is 6.38. The van der Waals surface area contributed by atoms with E-state index in [9.17, 15) is 0 Å². The maximum Gasteiger partial charge on any atom is 0.119 e. The number of hydrogen-bond acceptors (Lipinski definition) is 3. The van der Waals surface area contributed by atoms with Crippen molar-refractivity contribution in [3.05, 3.63) is 24.3 Å². The molecule has 1 aromatic carbocycles. The van der Waals surface area contributed by atoms with Gasteiger partial charge in [0, 0.05) is 25.8 Å². The van der Waals surface area contributed by atoms with Gasteiger partial charge in [0.2, 0.25) is 0 Å². The minimum Gasteiger partial charge on any atom is -0.494 e. The number of benzene rings is 1. The Labute approximate surface area is 98.6 Å². The first kappa shape index (κ1) is 12.8. The maximum atomic E-state index is 5.41. The van der Waals surface area contributed by atoms with Gasteiger partial charge in [-0.25, -0.2) is 0 Å². The lowest BCUT2D eigenvalue weighted by Crippen LogP contribution is -2.28. The molecule has 0 aliphatic heterocycles. The highest BCUT2D eigenvalue weighted by Crippen LogP contribution is 2.18. The molecule has 0 fully saturated rings. The molecule has 1 rings (SSSR count). The van der Waals surface area contributed by atoms with E-state index in [2.05, 4.69) is 43.1 Å². The van der Waals surface area contributed by atoms with E-state index in [1.165, 1.54) is 5.69 Å². The van der Waals surface area contributed by atoms with Crippen LogP contribution in [0.5, 0.6) is 5.75 Å². The molecule has 0 saturated heterocycles. The summed E-state index contributed by atoms with van der Waals surface area (Å²) in [6.07, 6.45) is 0. The molecule has 90 valence electrons. The highest BCUT2D eigenvalue weighted by molar-refractivity contribution is 5.48. The van der Waals surface area contributed by atoms with Gasteiger partial charge in [-0.05, 0) is 45.3 Å². The molecule has 0 heterocycles. The van der Waals surface area contributed by atoms with Crippen LogP contribution in [0.25, 0.3) is 0 Å². The van der Waals surface area contributed by atoms with Gasteiger partial charge >= 0.3 is 0 Å². The Morgan fingerprint density at radius 2 is 1.62 bits per heavy atom. The lowest BCUT2D eigenvalue weighted by Gasteiger charge is -2.21. The molecule has 0 amide bonds. The molecule has 0 aromatic heterocycles. The van der Waals surface area contributed by atoms with Crippen molar-refractivity contribution >= 4 is 5.69 Å². The summed E-state index contributed by atoms with van der Waals surface area (Å²) in [4.78, 5) is 4.43. The molecule has 0 aliphatic rings. The minimum atomic E-state index is 0.718. The summed E-state index contributed by atoms with van der Waals surface area (Å²) in [7, 11) is 6.29. The monoisotopic (exact) mass is 222 g/mol. The second-order valence-corrected chi connectivity index (χ2v) is 4.15. The second-order valence-electron chi connectivity index (χ2n) is 4.15. The normalized spacial score (nSPS) is 10.6. The molecule has 0 saturated carbocycles. The van der Waals surface area contributed by atoms with Crippen molar-refractivity contribution < 1.29 is 4.74 Å². The van der Waals surface area contributed by atoms with E-state index >= 15 is 0 Å². The predicted octanol–water partition coefficient (Wildman–Crippen LogP) is 2.08. The highest BCUT2D eigenvalue weighted by Gasteiger charge is 2.01. The standard InChI is InChI=1S/C13H22N2O/c1-5-16-13-8-6-12(7-9-13)15(4)11-10-14(2)3/h6-9H,5,10-11H2,1-4H3. The van der Waals surface area contributed by atoms with Crippen molar-refractivity contribution in [2.45, 2.75) is 6.92 Å². The van der Waals surface area contributed by atoms with E-state index in [4.69, 9.17) is 4.74 Å². The van der Waals surface area contributed by atoms with E-state index in [0.717, 1.165) is 25.4 Å². The third-order valence-electron chi connectivity index (χ3n) is 2.47. The average molecular weight is 222 g/mol. The largest absolute Gasteiger partial charge is 0.494 e. The fourth-order valence-electron chi connectivity index (χ4n) is 1.44. The van der Waals surface area contributed by atoms with Crippen molar-refractivity contribution in [1.82, 2.24) is 4.90 Å². The predicted molar refractivity (Wildman–Crippen MR) is 69.4 cm³/mol. The van der Waals surface area contributed by atoms with Crippen LogP contribution in [0.4, 0.5) is 5.69 Å². The van der Waals surface area contributed by atoms with Gasteiger partial charge < -0.3 is 14.5 Å². The van der Waals surface area contributed by atoms with Gasteiger partial charge in [0.05, 0.1) is 6.61 Å². The summed E-state index contributed by atoms with van der Waals surface area (Å²) >= 11 is 0. The Bertz CT molecular complexity index is 295. The van der Waals surface area contributed by atoms with E-state index in [1.54, 1.807) is 0 Å². The molecule has 0 bridgehead atoms. The fourth-order valence-corrected chi connectivity index (χ4v) is 1.44. The third kappa shape index (κ3) is 4.11. The van der Waals surface area contributed by atoms with Gasteiger partial charge in [0.1, 0.15) is 5.75 Å². The van der Waals surface area contributed by atoms with E-state index in [-0.39, 0.29) is 0 Å². The lowest BCUT2D eigenvalue weighted by atomic mass is 10.3. The first-order chi connectivity index (χ1) is 7.63. The van der Waals surface area contributed by atoms with Gasteiger partial charge in [-0.15, -0.1) is 0 Å². The van der Waals surface area contributed by atoms with Gasteiger partial charge in [0.25, 0.3) is 0 Å². The van der Waals surface area contributed by atoms with Crippen LogP contribution in [0.3, 0.4) is 0 Å². The summed E-state index contributed by atoms with van der Waals surface area (Å²) in [5.41, 5.74) is 1.23. The van der Waals surface area contributed by atoms with Crippen LogP contribution in [0.1, 0.15) is 6.92 Å². The average Bonchev–Trinajstić information content (AvgIpc) is 2.27. The fraction of sp³-hybridized carbons (Fsp3) is 0.538. The molecule has 0 spiro atoms. The summed E-state index contributed by atoms with van der Waals surface area (Å²) in [6, 6.07) is 8.23. The third-order valence-corrected chi connectivity index (χ3v) is 2.47. The van der Waals surface area contributed by atoms with E-state index in [0.29, 0.717) is 0 Å². The molecule has 0 unspecified atom stereocenters. The number of rotatable bonds is 6. The van der Waals surface area contributed by atoms with Crippen LogP contribution in [-0.4, -0.2) is 45.7 Å². The van der Waals surface area contributed by atoms with Crippen LogP contribution >= 0.6 is 0 Å². The Hall–Kier alpha value is -1.22. The molecule has 0 aliphatic carbocycles. The van der Waals surface area contributed by atoms with Crippen LogP contribution in [0, 0.1) is 0 Å². The molecular weight excluding hydrogens is 200 g/mol. The molecule has 3 nitrogen and oxygen atoms in total. The van der Waals surface area contributed by atoms with Gasteiger partial charge in [-0.2, -0.15) is 0 Å². The molecule has 0 atom stereocenters. The first-order valence-electron chi connectivity index (χ1n) is 5.72. The molecule has 1 aromatic rings. The maximum absolute atomic E-state index is 5.41. The lowest BCUT2D eigenvalue weighted by molar-refractivity contribution is 0.340. The number of hydrogen-bond donors (Lipinski definition) is 0. The van der Waals surface area contributed by atoms with E-state index < -0.39 is 0 Å². The van der Waals surface area contributed by atoms with Crippen molar-refractivity contribution in [2.24, 2.45) is 0 Å². The zero-order valence-electron chi connectivity index (χ0n) is 10.7. The van der Waals surface area contributed by atoms with Crippen LogP contribution in [0.2, 0.25) is 0 Å². The van der Waals surface area contributed by atoms with Gasteiger partial charge in [-0.3, -0.25) is 0 Å². The summed E-state index contributed by atoms with van der Waals surface area (Å²) in [5, 5.41) is 0. The van der Waals surface area contributed by atoms with Gasteiger partial charge in [0.15, 0.2) is 0 Å². The summed E-state index contributed by atoms with van der Waals surface area (Å²) in [5.74, 6) is 0.937. The summed E-state index contributed by atoms with van der Waals surface area (Å²) < 4.78 is 5.41. The zero-order valence-corrected chi connectivity index (χ0v) is 10.7. The molecule has 3 heteroatoms. The van der Waals surface area contributed by atoms with Crippen LogP contribution in [-0.2, 0) is 0 Å². The van der Waals surface area contributed by atoms with Crippen molar-refractivity contribution in [3.63, 3.8) is 0 Å². The number of likely N-dealkylation sites (N-methyl/N-ethyl adjacent to an activating group) is 2. The Kier molecular flexibility index (Phi) is 5.12. The summed E-state index contributed by atoms with van der Waals surface area (Å²) in [6.45, 7) is 4.80. The number of anilines is 1. The SMILES string of the molecule is CCOc1ccc(N(C)CCN(C)C)cc1. The smallest absolute Gasteiger partial charge is 0.119 e. The van der Waals surface area contributed by atoms with E-state index in [1.807, 2.05) is 19.1 Å². The topological polar surface area (TPSA) is 15.7 Å². The quantitative estimate of drug-likeness (QED) is 0.733.